The van der Waals surface area contributed by atoms with Crippen LogP contribution >= 0.6 is 0 Å². The molecule has 0 fully saturated rings. The zero-order valence-electron chi connectivity index (χ0n) is 8.81. The van der Waals surface area contributed by atoms with Crippen molar-refractivity contribution >= 4 is 6.29 Å². The maximum atomic E-state index is 10.4. The van der Waals surface area contributed by atoms with Crippen LogP contribution < -0.4 is 0 Å². The van der Waals surface area contributed by atoms with Crippen molar-refractivity contribution in [2.45, 2.75) is 20.4 Å². The molecule has 0 aromatic carbocycles. The second-order valence-corrected chi connectivity index (χ2v) is 3.15. The number of carbonyl (C=O) groups is 1. The first-order chi connectivity index (χ1) is 6.80. The van der Waals surface area contributed by atoms with Crippen molar-refractivity contribution in [3.63, 3.8) is 0 Å². The smallest absolute Gasteiger partial charge is 0.170 e. The fraction of sp³-hybridized carbons (Fsp3) is 0.600. The quantitative estimate of drug-likeness (QED) is 0.636. The van der Waals surface area contributed by atoms with E-state index in [9.17, 15) is 4.79 Å². The molecule has 0 unspecified atom stereocenters. The van der Waals surface area contributed by atoms with E-state index in [4.69, 9.17) is 0 Å². The molecule has 0 aliphatic rings. The molecular formula is C10H17N3O. The Hall–Kier alpha value is -1.16. The molecule has 0 aliphatic heterocycles. The zero-order chi connectivity index (χ0) is 10.4. The van der Waals surface area contributed by atoms with Crippen LogP contribution in [0.2, 0.25) is 0 Å². The van der Waals surface area contributed by atoms with E-state index in [0.717, 1.165) is 32.5 Å². The second-order valence-electron chi connectivity index (χ2n) is 3.15. The van der Waals surface area contributed by atoms with Gasteiger partial charge < -0.3 is 4.90 Å². The number of carbonyl (C=O) groups excluding carboxylic acids is 1. The second kappa shape index (κ2) is 5.54. The highest BCUT2D eigenvalue weighted by Gasteiger charge is 2.00. The first kappa shape index (κ1) is 10.9. The minimum atomic E-state index is 0.504. The first-order valence-corrected chi connectivity index (χ1v) is 5.01. The van der Waals surface area contributed by atoms with Gasteiger partial charge >= 0.3 is 0 Å². The van der Waals surface area contributed by atoms with E-state index in [1.165, 1.54) is 0 Å². The predicted octanol–water partition coefficient (Wildman–Crippen LogP) is 1.04. The number of nitrogens with zero attached hydrogens (tertiary/aromatic N) is 3. The predicted molar refractivity (Wildman–Crippen MR) is 55.4 cm³/mol. The Labute approximate surface area is 84.5 Å². The highest BCUT2D eigenvalue weighted by molar-refractivity contribution is 5.71. The van der Waals surface area contributed by atoms with Gasteiger partial charge in [0.25, 0.3) is 0 Å². The Bertz CT molecular complexity index is 279. The molecule has 0 N–H and O–H groups in total. The summed E-state index contributed by atoms with van der Waals surface area (Å²) in [6.07, 6.45) is 2.61. The van der Waals surface area contributed by atoms with Gasteiger partial charge in [-0.15, -0.1) is 0 Å². The lowest BCUT2D eigenvalue weighted by molar-refractivity contribution is 0.111. The number of aromatic nitrogens is 2. The summed E-state index contributed by atoms with van der Waals surface area (Å²) < 4.78 is 1.81. The summed E-state index contributed by atoms with van der Waals surface area (Å²) in [6, 6.07) is 1.73. The molecule has 0 radical (unpaired) electrons. The lowest BCUT2D eigenvalue weighted by atomic mass is 10.4. The largest absolute Gasteiger partial charge is 0.302 e. The molecule has 1 heterocycles. The van der Waals surface area contributed by atoms with E-state index in [1.807, 2.05) is 10.9 Å². The highest BCUT2D eigenvalue weighted by atomic mass is 16.1. The van der Waals surface area contributed by atoms with Crippen molar-refractivity contribution in [2.75, 3.05) is 19.6 Å². The molecule has 0 amide bonds. The minimum Gasteiger partial charge on any atom is -0.302 e. The van der Waals surface area contributed by atoms with Crippen LogP contribution in [0.3, 0.4) is 0 Å². The van der Waals surface area contributed by atoms with Crippen LogP contribution in [0.15, 0.2) is 12.3 Å². The van der Waals surface area contributed by atoms with Gasteiger partial charge in [0, 0.05) is 12.7 Å². The summed E-state index contributed by atoms with van der Waals surface area (Å²) in [4.78, 5) is 12.7. The Morgan fingerprint density at radius 3 is 2.71 bits per heavy atom. The van der Waals surface area contributed by atoms with Gasteiger partial charge in [0.1, 0.15) is 5.69 Å². The van der Waals surface area contributed by atoms with Crippen molar-refractivity contribution in [3.05, 3.63) is 18.0 Å². The molecule has 0 saturated heterocycles. The van der Waals surface area contributed by atoms with Crippen LogP contribution in [0, 0.1) is 0 Å². The topological polar surface area (TPSA) is 38.1 Å². The van der Waals surface area contributed by atoms with Gasteiger partial charge in [0.05, 0.1) is 6.54 Å². The molecule has 78 valence electrons. The van der Waals surface area contributed by atoms with E-state index >= 15 is 0 Å². The molecule has 0 aliphatic carbocycles. The number of likely N-dealkylation sites (N-methyl/N-ethyl adjacent to an activating group) is 1. The van der Waals surface area contributed by atoms with E-state index in [2.05, 4.69) is 23.8 Å². The normalized spacial score (nSPS) is 10.8. The number of hydrogen-bond acceptors (Lipinski definition) is 3. The van der Waals surface area contributed by atoms with Crippen LogP contribution in [-0.4, -0.2) is 40.6 Å². The van der Waals surface area contributed by atoms with Gasteiger partial charge in [-0.3, -0.25) is 9.48 Å². The lowest BCUT2D eigenvalue weighted by Gasteiger charge is -2.17. The Morgan fingerprint density at radius 1 is 1.50 bits per heavy atom. The first-order valence-electron chi connectivity index (χ1n) is 5.01. The number of hydrogen-bond donors (Lipinski definition) is 0. The van der Waals surface area contributed by atoms with Gasteiger partial charge in [-0.05, 0) is 19.2 Å². The standard InChI is InChI=1S/C10H17N3O/c1-3-12(4-2)7-8-13-6-5-10(9-14)11-13/h5-6,9H,3-4,7-8H2,1-2H3. The summed E-state index contributed by atoms with van der Waals surface area (Å²) in [7, 11) is 0. The number of aldehydes is 1. The van der Waals surface area contributed by atoms with E-state index in [1.54, 1.807) is 6.07 Å². The van der Waals surface area contributed by atoms with Gasteiger partial charge in [-0.25, -0.2) is 0 Å². The van der Waals surface area contributed by atoms with E-state index < -0.39 is 0 Å². The minimum absolute atomic E-state index is 0.504. The van der Waals surface area contributed by atoms with E-state index in [-0.39, 0.29) is 0 Å². The summed E-state index contributed by atoms with van der Waals surface area (Å²) >= 11 is 0. The third kappa shape index (κ3) is 2.96. The zero-order valence-corrected chi connectivity index (χ0v) is 8.81. The van der Waals surface area contributed by atoms with Crippen LogP contribution in [-0.2, 0) is 6.54 Å². The molecule has 1 aromatic rings. The molecule has 4 nitrogen and oxygen atoms in total. The fourth-order valence-corrected chi connectivity index (χ4v) is 1.35. The monoisotopic (exact) mass is 195 g/mol. The lowest BCUT2D eigenvalue weighted by Crippen LogP contribution is -2.27. The maximum Gasteiger partial charge on any atom is 0.170 e. The molecule has 4 heteroatoms. The van der Waals surface area contributed by atoms with Crippen molar-refractivity contribution in [2.24, 2.45) is 0 Å². The van der Waals surface area contributed by atoms with Crippen LogP contribution in [0.5, 0.6) is 0 Å². The SMILES string of the molecule is CCN(CC)CCn1ccc(C=O)n1. The third-order valence-corrected chi connectivity index (χ3v) is 2.32. The van der Waals surface area contributed by atoms with Crippen molar-refractivity contribution in [3.8, 4) is 0 Å². The summed E-state index contributed by atoms with van der Waals surface area (Å²) in [5.41, 5.74) is 0.504. The summed E-state index contributed by atoms with van der Waals surface area (Å²) in [5, 5.41) is 4.09. The molecule has 1 rings (SSSR count). The highest BCUT2D eigenvalue weighted by Crippen LogP contribution is 1.94. The average Bonchev–Trinajstić information content (AvgIpc) is 2.67. The van der Waals surface area contributed by atoms with Crippen LogP contribution in [0.4, 0.5) is 0 Å². The van der Waals surface area contributed by atoms with Gasteiger partial charge in [-0.2, -0.15) is 5.10 Å². The van der Waals surface area contributed by atoms with Crippen molar-refractivity contribution in [1.82, 2.24) is 14.7 Å². The molecule has 1 aromatic heterocycles. The molecule has 14 heavy (non-hydrogen) atoms. The number of rotatable bonds is 6. The van der Waals surface area contributed by atoms with Crippen LogP contribution in [0.25, 0.3) is 0 Å². The Kier molecular flexibility index (Phi) is 4.32. The Morgan fingerprint density at radius 2 is 2.21 bits per heavy atom. The van der Waals surface area contributed by atoms with Crippen molar-refractivity contribution < 1.29 is 4.79 Å². The molecule has 0 spiro atoms. The Balaban J connectivity index is 2.40. The maximum absolute atomic E-state index is 10.4. The van der Waals surface area contributed by atoms with Crippen LogP contribution in [0.1, 0.15) is 24.3 Å². The van der Waals surface area contributed by atoms with E-state index in [0.29, 0.717) is 5.69 Å². The molecule has 0 saturated carbocycles. The molecular weight excluding hydrogens is 178 g/mol. The summed E-state index contributed by atoms with van der Waals surface area (Å²) in [5.74, 6) is 0. The van der Waals surface area contributed by atoms with Gasteiger partial charge in [0.2, 0.25) is 0 Å². The van der Waals surface area contributed by atoms with Gasteiger partial charge in [0.15, 0.2) is 6.29 Å². The van der Waals surface area contributed by atoms with Crippen molar-refractivity contribution in [1.29, 1.82) is 0 Å². The fourth-order valence-electron chi connectivity index (χ4n) is 1.35. The molecule has 0 atom stereocenters. The molecule has 0 bridgehead atoms. The third-order valence-electron chi connectivity index (χ3n) is 2.32. The van der Waals surface area contributed by atoms with Gasteiger partial charge in [-0.1, -0.05) is 13.8 Å². The summed E-state index contributed by atoms with van der Waals surface area (Å²) in [6.45, 7) is 8.21. The average molecular weight is 195 g/mol.